The van der Waals surface area contributed by atoms with E-state index < -0.39 is 17.7 Å². The van der Waals surface area contributed by atoms with E-state index in [4.69, 9.17) is 13.9 Å². The lowest BCUT2D eigenvalue weighted by Crippen LogP contribution is -2.20. The summed E-state index contributed by atoms with van der Waals surface area (Å²) >= 11 is 0. The maximum atomic E-state index is 12.0. The van der Waals surface area contributed by atoms with E-state index in [1.54, 1.807) is 13.0 Å². The SMILES string of the molecule is Cc1ccc(C(=O)C(C(=O)O)c2ccco2)o1. The first-order valence-electron chi connectivity index (χ1n) is 4.96. The Morgan fingerprint density at radius 1 is 1.29 bits per heavy atom. The minimum absolute atomic E-state index is 0.0197. The molecule has 17 heavy (non-hydrogen) atoms. The molecule has 0 aliphatic heterocycles. The normalized spacial score (nSPS) is 12.3. The average Bonchev–Trinajstić information content (AvgIpc) is 2.88. The molecule has 0 bridgehead atoms. The number of carboxylic acids is 1. The fraction of sp³-hybridized carbons (Fsp3) is 0.167. The van der Waals surface area contributed by atoms with Gasteiger partial charge in [0.15, 0.2) is 11.7 Å². The largest absolute Gasteiger partial charge is 0.480 e. The van der Waals surface area contributed by atoms with Crippen molar-refractivity contribution in [3.8, 4) is 0 Å². The highest BCUT2D eigenvalue weighted by atomic mass is 16.4. The van der Waals surface area contributed by atoms with Crippen molar-refractivity contribution in [1.82, 2.24) is 0 Å². The van der Waals surface area contributed by atoms with Crippen molar-refractivity contribution in [2.45, 2.75) is 12.8 Å². The van der Waals surface area contributed by atoms with Crippen LogP contribution >= 0.6 is 0 Å². The number of ketones is 1. The summed E-state index contributed by atoms with van der Waals surface area (Å²) in [6.45, 7) is 1.68. The van der Waals surface area contributed by atoms with Gasteiger partial charge in [-0.25, -0.2) is 0 Å². The van der Waals surface area contributed by atoms with Gasteiger partial charge in [0.05, 0.1) is 6.26 Å². The second kappa shape index (κ2) is 4.29. The summed E-state index contributed by atoms with van der Waals surface area (Å²) in [6, 6.07) is 6.04. The summed E-state index contributed by atoms with van der Waals surface area (Å²) in [5.41, 5.74) is 0. The Morgan fingerprint density at radius 3 is 2.53 bits per heavy atom. The topological polar surface area (TPSA) is 80.7 Å². The predicted molar refractivity (Wildman–Crippen MR) is 56.9 cm³/mol. The van der Waals surface area contributed by atoms with Crippen LogP contribution in [0.2, 0.25) is 0 Å². The summed E-state index contributed by atoms with van der Waals surface area (Å²) in [5, 5.41) is 9.06. The molecule has 0 saturated carbocycles. The number of carbonyl (C=O) groups is 2. The number of aliphatic carboxylic acids is 1. The molecule has 1 unspecified atom stereocenters. The third kappa shape index (κ3) is 2.13. The Bertz CT molecular complexity index is 535. The van der Waals surface area contributed by atoms with E-state index in [1.165, 1.54) is 24.5 Å². The molecule has 2 rings (SSSR count). The minimum atomic E-state index is -1.37. The fourth-order valence-electron chi connectivity index (χ4n) is 1.53. The predicted octanol–water partition coefficient (Wildman–Crippen LogP) is 2.23. The van der Waals surface area contributed by atoms with Gasteiger partial charge in [0.1, 0.15) is 11.5 Å². The fourth-order valence-corrected chi connectivity index (χ4v) is 1.53. The zero-order valence-corrected chi connectivity index (χ0v) is 9.04. The quantitative estimate of drug-likeness (QED) is 0.648. The second-order valence-corrected chi connectivity index (χ2v) is 3.56. The smallest absolute Gasteiger partial charge is 0.322 e. The van der Waals surface area contributed by atoms with E-state index in [0.29, 0.717) is 5.76 Å². The van der Waals surface area contributed by atoms with Crippen molar-refractivity contribution < 1.29 is 23.5 Å². The number of furan rings is 2. The van der Waals surface area contributed by atoms with Gasteiger partial charge in [0.2, 0.25) is 5.78 Å². The van der Waals surface area contributed by atoms with Crippen LogP contribution in [0.3, 0.4) is 0 Å². The molecule has 0 saturated heterocycles. The highest BCUT2D eigenvalue weighted by Gasteiger charge is 2.33. The van der Waals surface area contributed by atoms with Crippen LogP contribution < -0.4 is 0 Å². The van der Waals surface area contributed by atoms with Gasteiger partial charge >= 0.3 is 5.97 Å². The Kier molecular flexibility index (Phi) is 2.82. The Labute approximate surface area is 96.7 Å². The molecule has 0 aliphatic rings. The third-order valence-electron chi connectivity index (χ3n) is 2.32. The highest BCUT2D eigenvalue weighted by Crippen LogP contribution is 2.23. The van der Waals surface area contributed by atoms with Crippen molar-refractivity contribution in [3.63, 3.8) is 0 Å². The van der Waals surface area contributed by atoms with E-state index in [2.05, 4.69) is 0 Å². The molecule has 0 radical (unpaired) electrons. The summed E-state index contributed by atoms with van der Waals surface area (Å²) in [4.78, 5) is 23.1. The van der Waals surface area contributed by atoms with Crippen molar-refractivity contribution in [1.29, 1.82) is 0 Å². The van der Waals surface area contributed by atoms with Gasteiger partial charge in [-0.15, -0.1) is 0 Å². The maximum Gasteiger partial charge on any atom is 0.322 e. The zero-order chi connectivity index (χ0) is 12.4. The Balaban J connectivity index is 2.35. The monoisotopic (exact) mass is 234 g/mol. The van der Waals surface area contributed by atoms with Crippen LogP contribution in [0.15, 0.2) is 39.4 Å². The van der Waals surface area contributed by atoms with Crippen molar-refractivity contribution in [2.24, 2.45) is 0 Å². The molecule has 0 spiro atoms. The average molecular weight is 234 g/mol. The van der Waals surface area contributed by atoms with Crippen molar-refractivity contribution >= 4 is 11.8 Å². The van der Waals surface area contributed by atoms with Gasteiger partial charge in [0.25, 0.3) is 0 Å². The number of rotatable bonds is 4. The molecule has 0 aliphatic carbocycles. The first kappa shape index (κ1) is 11.2. The first-order valence-corrected chi connectivity index (χ1v) is 4.96. The van der Waals surface area contributed by atoms with Gasteiger partial charge in [-0.1, -0.05) is 0 Å². The molecule has 1 atom stereocenters. The number of hydrogen-bond donors (Lipinski definition) is 1. The van der Waals surface area contributed by atoms with E-state index in [1.807, 2.05) is 0 Å². The van der Waals surface area contributed by atoms with E-state index >= 15 is 0 Å². The maximum absolute atomic E-state index is 12.0. The summed E-state index contributed by atoms with van der Waals surface area (Å²) in [7, 11) is 0. The second-order valence-electron chi connectivity index (χ2n) is 3.56. The lowest BCUT2D eigenvalue weighted by Gasteiger charge is -2.06. The third-order valence-corrected chi connectivity index (χ3v) is 2.32. The lowest BCUT2D eigenvalue weighted by atomic mass is 10.00. The van der Waals surface area contributed by atoms with Crippen LogP contribution in [0.1, 0.15) is 28.0 Å². The van der Waals surface area contributed by atoms with E-state index in [9.17, 15) is 9.59 Å². The van der Waals surface area contributed by atoms with Crippen LogP contribution in [-0.2, 0) is 4.79 Å². The molecule has 0 fully saturated rings. The van der Waals surface area contributed by atoms with Gasteiger partial charge in [-0.2, -0.15) is 0 Å². The van der Waals surface area contributed by atoms with E-state index in [-0.39, 0.29) is 11.5 Å². The van der Waals surface area contributed by atoms with E-state index in [0.717, 1.165) is 0 Å². The number of Topliss-reactive ketones (excluding diaryl/α,β-unsaturated/α-hetero) is 1. The molecular weight excluding hydrogens is 224 g/mol. The molecule has 2 heterocycles. The van der Waals surface area contributed by atoms with Gasteiger partial charge in [0, 0.05) is 0 Å². The Morgan fingerprint density at radius 2 is 2.06 bits per heavy atom. The number of carbonyl (C=O) groups excluding carboxylic acids is 1. The van der Waals surface area contributed by atoms with Gasteiger partial charge in [-0.3, -0.25) is 9.59 Å². The van der Waals surface area contributed by atoms with Crippen LogP contribution in [-0.4, -0.2) is 16.9 Å². The van der Waals surface area contributed by atoms with Crippen molar-refractivity contribution in [3.05, 3.63) is 47.8 Å². The Hall–Kier alpha value is -2.30. The summed E-state index contributed by atoms with van der Waals surface area (Å²) < 4.78 is 10.1. The zero-order valence-electron chi connectivity index (χ0n) is 9.04. The molecule has 1 N–H and O–H groups in total. The number of carboxylic acid groups (broad SMARTS) is 1. The molecule has 5 heteroatoms. The molecular formula is C12H10O5. The summed E-state index contributed by atoms with van der Waals surface area (Å²) in [6.07, 6.45) is 1.33. The standard InChI is InChI=1S/C12H10O5/c1-7-4-5-9(17-7)11(13)10(12(14)15)8-3-2-6-16-8/h2-6,10H,1H3,(H,14,15). The number of hydrogen-bond acceptors (Lipinski definition) is 4. The molecule has 88 valence electrons. The van der Waals surface area contributed by atoms with Gasteiger partial charge < -0.3 is 13.9 Å². The van der Waals surface area contributed by atoms with Crippen LogP contribution in [0, 0.1) is 6.92 Å². The summed E-state index contributed by atoms with van der Waals surface area (Å²) in [5.74, 6) is -2.59. The highest BCUT2D eigenvalue weighted by molar-refractivity contribution is 6.10. The van der Waals surface area contributed by atoms with Crippen LogP contribution in [0.25, 0.3) is 0 Å². The molecule has 0 aromatic carbocycles. The van der Waals surface area contributed by atoms with Gasteiger partial charge in [-0.05, 0) is 31.2 Å². The molecule has 2 aromatic heterocycles. The van der Waals surface area contributed by atoms with Crippen LogP contribution in [0.5, 0.6) is 0 Å². The van der Waals surface area contributed by atoms with Crippen LogP contribution in [0.4, 0.5) is 0 Å². The van der Waals surface area contributed by atoms with Crippen molar-refractivity contribution in [2.75, 3.05) is 0 Å². The molecule has 2 aromatic rings. The molecule has 0 amide bonds. The minimum Gasteiger partial charge on any atom is -0.480 e. The molecule has 5 nitrogen and oxygen atoms in total. The number of aryl methyl sites for hydroxylation is 1. The lowest BCUT2D eigenvalue weighted by molar-refractivity contribution is -0.137. The first-order chi connectivity index (χ1) is 8.09.